The number of ether oxygens (including phenoxy) is 2. The first-order chi connectivity index (χ1) is 18.0. The van der Waals surface area contributed by atoms with Crippen LogP contribution in [-0.2, 0) is 32.1 Å². The number of hydrogen-bond donors (Lipinski definition) is 2. The fourth-order valence-corrected chi connectivity index (χ4v) is 8.32. The minimum absolute atomic E-state index is 0.0638. The molecule has 0 unspecified atom stereocenters. The number of hydrogen-bond acceptors (Lipinski definition) is 7. The van der Waals surface area contributed by atoms with Gasteiger partial charge in [0.25, 0.3) is 0 Å². The number of carbonyl (C=O) groups excluding carboxylic acids is 2. The molecular weight excluding hydrogens is 481 g/mol. The molecule has 0 saturated heterocycles. The summed E-state index contributed by atoms with van der Waals surface area (Å²) in [6.07, 6.45) is 4.07. The molecule has 7 nitrogen and oxygen atoms in total. The lowest BCUT2D eigenvalue weighted by atomic mass is 9.44. The van der Waals surface area contributed by atoms with E-state index in [1.165, 1.54) is 0 Å². The highest BCUT2D eigenvalue weighted by molar-refractivity contribution is 6.49. The lowest BCUT2D eigenvalue weighted by molar-refractivity contribution is -0.207. The van der Waals surface area contributed by atoms with Gasteiger partial charge in [0.1, 0.15) is 17.6 Å². The molecule has 1 aromatic carbocycles. The van der Waals surface area contributed by atoms with E-state index < -0.39 is 29.0 Å². The Kier molecular flexibility index (Phi) is 7.06. The summed E-state index contributed by atoms with van der Waals surface area (Å²) < 4.78 is 17.6. The van der Waals surface area contributed by atoms with Gasteiger partial charge in [-0.3, -0.25) is 4.79 Å². The quantitative estimate of drug-likeness (QED) is 0.336. The predicted octanol–water partition coefficient (Wildman–Crippen LogP) is 3.21. The third-order valence-electron chi connectivity index (χ3n) is 10.9. The lowest BCUT2D eigenvalue weighted by Crippen LogP contribution is -2.63. The molecule has 5 rings (SSSR count). The van der Waals surface area contributed by atoms with E-state index in [9.17, 15) is 14.7 Å². The monoisotopic (exact) mass is 522 g/mol. The molecular formula is C30H41BNO6. The molecule has 4 aliphatic rings. The zero-order valence-corrected chi connectivity index (χ0v) is 23.1. The van der Waals surface area contributed by atoms with Crippen molar-refractivity contribution in [2.45, 2.75) is 85.2 Å². The van der Waals surface area contributed by atoms with E-state index in [4.69, 9.17) is 19.9 Å². The van der Waals surface area contributed by atoms with Crippen LogP contribution < -0.4 is 15.9 Å². The first-order valence-electron chi connectivity index (χ1n) is 14.0. The zero-order valence-electron chi connectivity index (χ0n) is 23.1. The second-order valence-corrected chi connectivity index (χ2v) is 12.6. The van der Waals surface area contributed by atoms with E-state index in [-0.39, 0.29) is 35.6 Å². The van der Waals surface area contributed by atoms with Crippen LogP contribution in [0.4, 0.5) is 0 Å². The van der Waals surface area contributed by atoms with E-state index in [0.717, 1.165) is 35.9 Å². The number of nitrogens with two attached hydrogens (primary N) is 1. The maximum absolute atomic E-state index is 13.5. The minimum Gasteiger partial charge on any atom is -0.482 e. The van der Waals surface area contributed by atoms with Crippen molar-refractivity contribution in [3.8, 4) is 5.75 Å². The predicted molar refractivity (Wildman–Crippen MR) is 145 cm³/mol. The van der Waals surface area contributed by atoms with E-state index >= 15 is 0 Å². The van der Waals surface area contributed by atoms with Crippen molar-refractivity contribution >= 4 is 24.7 Å². The zero-order chi connectivity index (χ0) is 27.5. The lowest BCUT2D eigenvalue weighted by Gasteiger charge is -2.61. The summed E-state index contributed by atoms with van der Waals surface area (Å²) in [7, 11) is 1.67. The average Bonchev–Trinajstić information content (AvgIpc) is 3.52. The SMILES string of the molecule is C=C[C@]1(C)C[C@@H](OC(=O)COc2cc3c(c(CN)c2)CO[B]3)[C@]2(C)[C@H](C)CC[C@]3(CCC(=O)[C@H]32)[C@@H](C)[C@@H]1O. The largest absolute Gasteiger partial charge is 0.482 e. The third-order valence-corrected chi connectivity index (χ3v) is 10.9. The maximum atomic E-state index is 13.5. The number of esters is 1. The highest BCUT2D eigenvalue weighted by Gasteiger charge is 2.68. The van der Waals surface area contributed by atoms with Crippen LogP contribution in [0.15, 0.2) is 24.8 Å². The van der Waals surface area contributed by atoms with Crippen LogP contribution in [-0.4, -0.2) is 43.2 Å². The molecule has 0 amide bonds. The van der Waals surface area contributed by atoms with Gasteiger partial charge >= 0.3 is 13.5 Å². The molecule has 1 aliphatic heterocycles. The molecule has 3 fully saturated rings. The molecule has 3 N–H and O–H groups in total. The van der Waals surface area contributed by atoms with Gasteiger partial charge in [-0.1, -0.05) is 33.8 Å². The van der Waals surface area contributed by atoms with Crippen LogP contribution in [0.1, 0.15) is 70.9 Å². The van der Waals surface area contributed by atoms with E-state index in [2.05, 4.69) is 27.4 Å². The summed E-state index contributed by atoms with van der Waals surface area (Å²) in [5.74, 6) is 0.139. The molecule has 8 heteroatoms. The number of Topliss-reactive ketones (excluding diaryl/α,β-unsaturated/α-hetero) is 1. The van der Waals surface area contributed by atoms with Gasteiger partial charge < -0.3 is 25.0 Å². The summed E-state index contributed by atoms with van der Waals surface area (Å²) in [4.78, 5) is 26.8. The van der Waals surface area contributed by atoms with Gasteiger partial charge in [0, 0.05) is 29.7 Å². The van der Waals surface area contributed by atoms with Gasteiger partial charge in [-0.05, 0) is 71.7 Å². The van der Waals surface area contributed by atoms with Gasteiger partial charge in [0.05, 0.1) is 12.7 Å². The molecule has 1 radical (unpaired) electrons. The number of aliphatic hydroxyl groups excluding tert-OH is 1. The van der Waals surface area contributed by atoms with Gasteiger partial charge in [-0.25, -0.2) is 4.79 Å². The fraction of sp³-hybridized carbons (Fsp3) is 0.667. The summed E-state index contributed by atoms with van der Waals surface area (Å²) in [6.45, 7) is 13.0. The van der Waals surface area contributed by atoms with Crippen molar-refractivity contribution < 1.29 is 28.8 Å². The van der Waals surface area contributed by atoms with Crippen LogP contribution in [0.5, 0.6) is 5.75 Å². The molecule has 3 saturated carbocycles. The van der Waals surface area contributed by atoms with Crippen LogP contribution in [0.3, 0.4) is 0 Å². The van der Waals surface area contributed by atoms with Crippen LogP contribution in [0, 0.1) is 34.0 Å². The molecule has 1 heterocycles. The number of fused-ring (bicyclic) bond motifs is 1. The molecule has 3 aliphatic carbocycles. The number of rotatable bonds is 6. The van der Waals surface area contributed by atoms with Crippen LogP contribution in [0.2, 0.25) is 0 Å². The summed E-state index contributed by atoms with van der Waals surface area (Å²) in [5.41, 5.74) is 7.26. The smallest absolute Gasteiger partial charge is 0.344 e. The highest BCUT2D eigenvalue weighted by atomic mass is 16.6. The standard InChI is InChI=1S/C30H41BNO6/c1-6-28(4)13-24(38-25(34)16-36-20-11-19(14-32)21-15-37-31-22(21)12-20)29(5)17(2)7-9-30(18(3)27(28)35)10-8-23(33)26(29)30/h6,11-12,17-18,24,26-27,35H,1,7-10,13-16,32H2,2-5H3/t17-,18+,24-,26+,27+,28-,29+,30+/m1/s1. The topological polar surface area (TPSA) is 108 Å². The molecule has 0 spiro atoms. The second-order valence-electron chi connectivity index (χ2n) is 12.6. The highest BCUT2D eigenvalue weighted by Crippen LogP contribution is 2.68. The van der Waals surface area contributed by atoms with Gasteiger partial charge in [0.15, 0.2) is 6.61 Å². The summed E-state index contributed by atoms with van der Waals surface area (Å²) in [6, 6.07) is 3.68. The number of carbonyl (C=O) groups is 2. The Morgan fingerprint density at radius 1 is 1.32 bits per heavy atom. The van der Waals surface area contributed by atoms with E-state index in [1.54, 1.807) is 13.6 Å². The minimum atomic E-state index is -0.691. The van der Waals surface area contributed by atoms with Gasteiger partial charge in [-0.15, -0.1) is 6.58 Å². The van der Waals surface area contributed by atoms with Crippen molar-refractivity contribution in [3.05, 3.63) is 35.9 Å². The normalized spacial score (nSPS) is 39.8. The Balaban J connectivity index is 1.44. The fourth-order valence-electron chi connectivity index (χ4n) is 8.32. The van der Waals surface area contributed by atoms with Gasteiger partial charge in [0.2, 0.25) is 0 Å². The molecule has 0 aromatic heterocycles. The van der Waals surface area contributed by atoms with Gasteiger partial charge in [-0.2, -0.15) is 0 Å². The Morgan fingerprint density at radius 3 is 2.79 bits per heavy atom. The van der Waals surface area contributed by atoms with Crippen molar-refractivity contribution in [2.75, 3.05) is 6.61 Å². The molecule has 2 bridgehead atoms. The summed E-state index contributed by atoms with van der Waals surface area (Å²) >= 11 is 0. The van der Waals surface area contributed by atoms with Crippen molar-refractivity contribution in [2.24, 2.45) is 39.7 Å². The maximum Gasteiger partial charge on any atom is 0.344 e. The second kappa shape index (κ2) is 9.79. The Labute approximate surface area is 226 Å². The van der Waals surface area contributed by atoms with E-state index in [1.807, 2.05) is 19.1 Å². The Hall–Kier alpha value is -2.16. The van der Waals surface area contributed by atoms with Crippen molar-refractivity contribution in [3.63, 3.8) is 0 Å². The summed E-state index contributed by atoms with van der Waals surface area (Å²) in [5, 5.41) is 11.7. The average molecular weight is 522 g/mol. The number of ketones is 1. The third kappa shape index (κ3) is 4.06. The molecule has 1 aromatic rings. The molecule has 8 atom stereocenters. The number of aliphatic hydroxyl groups is 1. The number of benzene rings is 1. The van der Waals surface area contributed by atoms with Crippen LogP contribution >= 0.6 is 0 Å². The van der Waals surface area contributed by atoms with Crippen LogP contribution in [0.25, 0.3) is 0 Å². The first-order valence-corrected chi connectivity index (χ1v) is 14.0. The Morgan fingerprint density at radius 2 is 2.08 bits per heavy atom. The Bertz CT molecular complexity index is 1140. The molecule has 38 heavy (non-hydrogen) atoms. The van der Waals surface area contributed by atoms with E-state index in [0.29, 0.717) is 31.7 Å². The molecule has 205 valence electrons. The van der Waals surface area contributed by atoms with Crippen molar-refractivity contribution in [1.29, 1.82) is 0 Å². The first kappa shape index (κ1) is 27.4. The van der Waals surface area contributed by atoms with Crippen molar-refractivity contribution in [1.82, 2.24) is 0 Å².